The number of halogens is 1. The summed E-state index contributed by atoms with van der Waals surface area (Å²) in [5.74, 6) is -0.223. The predicted octanol–water partition coefficient (Wildman–Crippen LogP) is 4.04. The predicted molar refractivity (Wildman–Crippen MR) is 131 cm³/mol. The Kier molecular flexibility index (Phi) is 9.29. The Morgan fingerprint density at radius 3 is 2.63 bits per heavy atom. The number of rotatable bonds is 10. The third kappa shape index (κ3) is 6.84. The van der Waals surface area contributed by atoms with Gasteiger partial charge in [-0.15, -0.1) is 0 Å². The van der Waals surface area contributed by atoms with Crippen LogP contribution in [0.2, 0.25) is 5.02 Å². The molecule has 2 aromatic rings. The van der Waals surface area contributed by atoms with Crippen LogP contribution in [0.4, 0.5) is 5.82 Å². The molecule has 1 heterocycles. The molecule has 0 aliphatic heterocycles. The maximum absolute atomic E-state index is 12.7. The molecule has 3 rings (SSSR count). The molecule has 10 heteroatoms. The molecule has 0 bridgehead atoms. The zero-order chi connectivity index (χ0) is 25.4. The van der Waals surface area contributed by atoms with E-state index >= 15 is 0 Å². The Bertz CT molecular complexity index is 1100. The van der Waals surface area contributed by atoms with E-state index in [-0.39, 0.29) is 35.5 Å². The second-order valence-corrected chi connectivity index (χ2v) is 8.97. The van der Waals surface area contributed by atoms with Gasteiger partial charge in [0.1, 0.15) is 17.6 Å². The maximum atomic E-state index is 12.7. The standard InChI is InChI=1S/C25H29ClN4O5/c1-34-14-21(20-10-19(26)7-8-22(20)35-2)30-23-17(11-27)9-18(13-28-23)24(31)29-12-15-3-5-16(6-4-15)25(32)33/h7-10,13,15-16,21H,3-6,12,14H2,1-2H3,(H,28,30)(H,29,31)(H,32,33)/t15?,16?,21-/m0/s1. The molecule has 1 fully saturated rings. The van der Waals surface area contributed by atoms with Crippen molar-refractivity contribution >= 4 is 29.3 Å². The fraction of sp³-hybridized carbons (Fsp3) is 0.440. The molecule has 1 aliphatic carbocycles. The zero-order valence-electron chi connectivity index (χ0n) is 19.7. The first kappa shape index (κ1) is 26.3. The van der Waals surface area contributed by atoms with Crippen LogP contribution in [0.15, 0.2) is 30.5 Å². The van der Waals surface area contributed by atoms with Gasteiger partial charge in [0.05, 0.1) is 36.8 Å². The first-order chi connectivity index (χ1) is 16.9. The Balaban J connectivity index is 1.69. The molecular weight excluding hydrogens is 472 g/mol. The van der Waals surface area contributed by atoms with Crippen molar-refractivity contribution in [2.75, 3.05) is 32.7 Å². The van der Waals surface area contributed by atoms with Crippen molar-refractivity contribution in [3.63, 3.8) is 0 Å². The van der Waals surface area contributed by atoms with E-state index in [2.05, 4.69) is 21.7 Å². The summed E-state index contributed by atoms with van der Waals surface area (Å²) in [5, 5.41) is 25.4. The fourth-order valence-corrected chi connectivity index (χ4v) is 4.44. The second-order valence-electron chi connectivity index (χ2n) is 8.54. The van der Waals surface area contributed by atoms with Gasteiger partial charge in [0.15, 0.2) is 0 Å². The minimum absolute atomic E-state index is 0.210. The molecule has 0 radical (unpaired) electrons. The average molecular weight is 501 g/mol. The molecule has 1 aromatic heterocycles. The van der Waals surface area contributed by atoms with E-state index in [9.17, 15) is 14.9 Å². The zero-order valence-corrected chi connectivity index (χ0v) is 20.5. The van der Waals surface area contributed by atoms with Crippen molar-refractivity contribution in [2.45, 2.75) is 31.7 Å². The summed E-state index contributed by atoms with van der Waals surface area (Å²) in [6.07, 6.45) is 4.18. The van der Waals surface area contributed by atoms with E-state index in [1.165, 1.54) is 12.3 Å². The SMILES string of the molecule is COC[C@H](Nc1ncc(C(=O)NCC2CCC(C(=O)O)CC2)cc1C#N)c1cc(Cl)ccc1OC. The number of carboxylic acids is 1. The van der Waals surface area contributed by atoms with Crippen LogP contribution in [0.25, 0.3) is 0 Å². The van der Waals surface area contributed by atoms with Gasteiger partial charge in [0.2, 0.25) is 0 Å². The number of nitrogens with one attached hydrogen (secondary N) is 2. The van der Waals surface area contributed by atoms with E-state index in [1.807, 2.05) is 0 Å². The van der Waals surface area contributed by atoms with Gasteiger partial charge in [0, 0.05) is 30.4 Å². The van der Waals surface area contributed by atoms with Crippen LogP contribution in [0.5, 0.6) is 5.75 Å². The molecule has 0 saturated heterocycles. The fourth-order valence-electron chi connectivity index (χ4n) is 4.26. The highest BCUT2D eigenvalue weighted by Gasteiger charge is 2.26. The monoisotopic (exact) mass is 500 g/mol. The number of carbonyl (C=O) groups excluding carboxylic acids is 1. The van der Waals surface area contributed by atoms with Gasteiger partial charge >= 0.3 is 5.97 Å². The van der Waals surface area contributed by atoms with Crippen molar-refractivity contribution in [2.24, 2.45) is 11.8 Å². The number of carbonyl (C=O) groups is 2. The molecule has 35 heavy (non-hydrogen) atoms. The van der Waals surface area contributed by atoms with Gasteiger partial charge in [-0.25, -0.2) is 4.98 Å². The van der Waals surface area contributed by atoms with Crippen LogP contribution < -0.4 is 15.4 Å². The van der Waals surface area contributed by atoms with Gasteiger partial charge in [0.25, 0.3) is 5.91 Å². The number of methoxy groups -OCH3 is 2. The van der Waals surface area contributed by atoms with Crippen LogP contribution in [0, 0.1) is 23.2 Å². The van der Waals surface area contributed by atoms with E-state index in [4.69, 9.17) is 26.2 Å². The number of aromatic nitrogens is 1. The minimum Gasteiger partial charge on any atom is -0.496 e. The van der Waals surface area contributed by atoms with Crippen molar-refractivity contribution in [1.29, 1.82) is 5.26 Å². The number of hydrogen-bond acceptors (Lipinski definition) is 7. The minimum atomic E-state index is -0.752. The highest BCUT2D eigenvalue weighted by Crippen LogP contribution is 2.32. The highest BCUT2D eigenvalue weighted by atomic mass is 35.5. The molecule has 1 aliphatic rings. The Morgan fingerprint density at radius 1 is 1.26 bits per heavy atom. The highest BCUT2D eigenvalue weighted by molar-refractivity contribution is 6.30. The molecule has 1 atom stereocenters. The Morgan fingerprint density at radius 2 is 2.00 bits per heavy atom. The first-order valence-electron chi connectivity index (χ1n) is 11.4. The number of nitriles is 1. The van der Waals surface area contributed by atoms with Gasteiger partial charge in [-0.05, 0) is 55.9 Å². The summed E-state index contributed by atoms with van der Waals surface area (Å²) in [6, 6.07) is 8.41. The van der Waals surface area contributed by atoms with Crippen molar-refractivity contribution in [1.82, 2.24) is 10.3 Å². The van der Waals surface area contributed by atoms with Crippen molar-refractivity contribution in [3.8, 4) is 11.8 Å². The summed E-state index contributed by atoms with van der Waals surface area (Å²) in [7, 11) is 3.12. The van der Waals surface area contributed by atoms with E-state index in [1.54, 1.807) is 32.4 Å². The van der Waals surface area contributed by atoms with Crippen LogP contribution in [-0.4, -0.2) is 49.3 Å². The third-order valence-corrected chi connectivity index (χ3v) is 6.46. The Hall–Kier alpha value is -3.35. The number of amides is 1. The largest absolute Gasteiger partial charge is 0.496 e. The number of pyridine rings is 1. The summed E-state index contributed by atoms with van der Waals surface area (Å²) in [5.41, 5.74) is 1.23. The summed E-state index contributed by atoms with van der Waals surface area (Å²) in [6.45, 7) is 0.715. The van der Waals surface area contributed by atoms with Gasteiger partial charge in [-0.3, -0.25) is 9.59 Å². The molecule has 3 N–H and O–H groups in total. The number of hydrogen-bond donors (Lipinski definition) is 3. The summed E-state index contributed by atoms with van der Waals surface area (Å²) in [4.78, 5) is 28.1. The lowest BCUT2D eigenvalue weighted by atomic mass is 9.82. The number of carboxylic acid groups (broad SMARTS) is 1. The molecule has 1 saturated carbocycles. The van der Waals surface area contributed by atoms with Crippen molar-refractivity contribution in [3.05, 3.63) is 52.2 Å². The number of ether oxygens (including phenoxy) is 2. The molecule has 0 spiro atoms. The van der Waals surface area contributed by atoms with Gasteiger partial charge in [-0.2, -0.15) is 5.26 Å². The second kappa shape index (κ2) is 12.4. The van der Waals surface area contributed by atoms with E-state index in [0.717, 1.165) is 18.4 Å². The normalized spacial score (nSPS) is 18.2. The first-order valence-corrected chi connectivity index (χ1v) is 11.7. The molecule has 186 valence electrons. The topological polar surface area (TPSA) is 134 Å². The number of benzene rings is 1. The lowest BCUT2D eigenvalue weighted by Gasteiger charge is -2.26. The van der Waals surface area contributed by atoms with Crippen LogP contribution in [0.3, 0.4) is 0 Å². The van der Waals surface area contributed by atoms with Gasteiger partial charge in [-0.1, -0.05) is 11.6 Å². The van der Waals surface area contributed by atoms with E-state index < -0.39 is 12.0 Å². The van der Waals surface area contributed by atoms with Crippen molar-refractivity contribution < 1.29 is 24.2 Å². The van der Waals surface area contributed by atoms with Gasteiger partial charge < -0.3 is 25.2 Å². The summed E-state index contributed by atoms with van der Waals surface area (Å²) < 4.78 is 10.8. The molecular formula is C25H29ClN4O5. The average Bonchev–Trinajstić information content (AvgIpc) is 2.87. The quantitative estimate of drug-likeness (QED) is 0.445. The number of anilines is 1. The smallest absolute Gasteiger partial charge is 0.306 e. The number of aliphatic carboxylic acids is 1. The Labute approximate surface area is 209 Å². The lowest BCUT2D eigenvalue weighted by Crippen LogP contribution is -2.32. The lowest BCUT2D eigenvalue weighted by molar-refractivity contribution is -0.143. The molecule has 1 aromatic carbocycles. The molecule has 0 unspecified atom stereocenters. The van der Waals surface area contributed by atoms with Crippen LogP contribution in [0.1, 0.15) is 53.2 Å². The van der Waals surface area contributed by atoms with E-state index in [0.29, 0.717) is 36.0 Å². The number of nitrogens with zero attached hydrogens (tertiary/aromatic N) is 2. The summed E-state index contributed by atoms with van der Waals surface area (Å²) >= 11 is 6.18. The molecule has 9 nitrogen and oxygen atoms in total. The third-order valence-electron chi connectivity index (χ3n) is 6.23. The molecule has 1 amide bonds. The van der Waals surface area contributed by atoms with Crippen LogP contribution in [-0.2, 0) is 9.53 Å². The van der Waals surface area contributed by atoms with Crippen LogP contribution >= 0.6 is 11.6 Å². The maximum Gasteiger partial charge on any atom is 0.306 e.